The van der Waals surface area contributed by atoms with Crippen LogP contribution in [0.3, 0.4) is 0 Å². The minimum atomic E-state index is -3.05. The lowest BCUT2D eigenvalue weighted by atomic mass is 10.1. The van der Waals surface area contributed by atoms with E-state index in [4.69, 9.17) is 5.73 Å². The van der Waals surface area contributed by atoms with Gasteiger partial charge in [-0.15, -0.1) is 0 Å². The van der Waals surface area contributed by atoms with Crippen molar-refractivity contribution in [3.63, 3.8) is 0 Å². The molecule has 84 valence electrons. The number of benzene rings is 1. The summed E-state index contributed by atoms with van der Waals surface area (Å²) >= 11 is 0. The minimum Gasteiger partial charge on any atom is -0.329 e. The Bertz CT molecular complexity index is 438. The fourth-order valence-corrected chi connectivity index (χ4v) is 2.80. The smallest absolute Gasteiger partial charge is 0.155 e. The number of nitrogens with two attached hydrogens (primary N) is 1. The van der Waals surface area contributed by atoms with Gasteiger partial charge in [-0.25, -0.2) is 8.42 Å². The summed E-state index contributed by atoms with van der Waals surface area (Å²) < 4.78 is 23.1. The highest BCUT2D eigenvalue weighted by atomic mass is 32.2. The van der Waals surface area contributed by atoms with Crippen molar-refractivity contribution in [3.8, 4) is 0 Å². The Morgan fingerprint density at radius 2 is 1.93 bits per heavy atom. The van der Waals surface area contributed by atoms with Crippen LogP contribution in [-0.4, -0.2) is 20.7 Å². The molecule has 0 fully saturated rings. The molecule has 0 atom stereocenters. The molecule has 0 saturated carbocycles. The number of aryl methyl sites for hydroxylation is 2. The zero-order valence-corrected chi connectivity index (χ0v) is 9.97. The van der Waals surface area contributed by atoms with Crippen molar-refractivity contribution in [1.29, 1.82) is 0 Å². The van der Waals surface area contributed by atoms with E-state index >= 15 is 0 Å². The Morgan fingerprint density at radius 3 is 2.47 bits per heavy atom. The molecule has 0 unspecified atom stereocenters. The van der Waals surface area contributed by atoms with Gasteiger partial charge in [0.1, 0.15) is 0 Å². The van der Waals surface area contributed by atoms with E-state index in [1.165, 1.54) is 0 Å². The number of sulfone groups is 1. The van der Waals surface area contributed by atoms with Gasteiger partial charge in [0.05, 0.1) is 11.5 Å². The van der Waals surface area contributed by atoms with Crippen molar-refractivity contribution >= 4 is 9.84 Å². The summed E-state index contributed by atoms with van der Waals surface area (Å²) in [6.07, 6.45) is 0. The minimum absolute atomic E-state index is 0.0559. The van der Waals surface area contributed by atoms with Crippen molar-refractivity contribution in [2.24, 2.45) is 5.73 Å². The second-order valence-electron chi connectivity index (χ2n) is 3.81. The van der Waals surface area contributed by atoms with Gasteiger partial charge in [-0.05, 0) is 25.0 Å². The van der Waals surface area contributed by atoms with E-state index in [2.05, 4.69) is 0 Å². The van der Waals surface area contributed by atoms with Crippen molar-refractivity contribution in [2.75, 3.05) is 12.3 Å². The third-order valence-electron chi connectivity index (χ3n) is 2.30. The first-order valence-corrected chi connectivity index (χ1v) is 6.73. The average molecular weight is 227 g/mol. The summed E-state index contributed by atoms with van der Waals surface area (Å²) in [7, 11) is -3.05. The largest absolute Gasteiger partial charge is 0.329 e. The van der Waals surface area contributed by atoms with Crippen molar-refractivity contribution in [3.05, 3.63) is 34.9 Å². The predicted octanol–water partition coefficient (Wildman–Crippen LogP) is 1.18. The standard InChI is InChI=1S/C11H17NO2S/c1-9-3-4-11(10(2)7-9)8-15(13,14)6-5-12/h3-4,7H,5-6,8,12H2,1-2H3. The SMILES string of the molecule is Cc1ccc(CS(=O)(=O)CCN)c(C)c1. The molecule has 0 aliphatic carbocycles. The number of hydrogen-bond acceptors (Lipinski definition) is 3. The molecule has 0 saturated heterocycles. The molecule has 0 radical (unpaired) electrons. The maximum atomic E-state index is 11.6. The van der Waals surface area contributed by atoms with E-state index in [0.717, 1.165) is 16.7 Å². The first kappa shape index (κ1) is 12.2. The van der Waals surface area contributed by atoms with Gasteiger partial charge in [0.25, 0.3) is 0 Å². The number of hydrogen-bond donors (Lipinski definition) is 1. The van der Waals surface area contributed by atoms with E-state index in [0.29, 0.717) is 0 Å². The van der Waals surface area contributed by atoms with Gasteiger partial charge in [-0.3, -0.25) is 0 Å². The summed E-state index contributed by atoms with van der Waals surface area (Å²) in [5.41, 5.74) is 8.29. The van der Waals surface area contributed by atoms with Gasteiger partial charge in [-0.1, -0.05) is 23.8 Å². The van der Waals surface area contributed by atoms with Crippen molar-refractivity contribution < 1.29 is 8.42 Å². The Labute approximate surface area is 91.2 Å². The van der Waals surface area contributed by atoms with E-state index in [1.807, 2.05) is 32.0 Å². The molecule has 0 aromatic heterocycles. The average Bonchev–Trinajstić information content (AvgIpc) is 2.09. The van der Waals surface area contributed by atoms with Gasteiger partial charge >= 0.3 is 0 Å². The third kappa shape index (κ3) is 3.64. The Balaban J connectivity index is 2.90. The van der Waals surface area contributed by atoms with Crippen LogP contribution >= 0.6 is 0 Å². The van der Waals surface area contributed by atoms with Gasteiger partial charge in [0.2, 0.25) is 0 Å². The fourth-order valence-electron chi connectivity index (χ4n) is 1.50. The van der Waals surface area contributed by atoms with E-state index in [9.17, 15) is 8.42 Å². The molecule has 1 aromatic rings. The zero-order valence-electron chi connectivity index (χ0n) is 9.16. The maximum Gasteiger partial charge on any atom is 0.155 e. The summed E-state index contributed by atoms with van der Waals surface area (Å²) in [4.78, 5) is 0. The lowest BCUT2D eigenvalue weighted by Crippen LogP contribution is -2.17. The molecule has 0 bridgehead atoms. The fraction of sp³-hybridized carbons (Fsp3) is 0.455. The van der Waals surface area contributed by atoms with Gasteiger partial charge in [0.15, 0.2) is 9.84 Å². The summed E-state index contributed by atoms with van der Waals surface area (Å²) in [5.74, 6) is 0.149. The van der Waals surface area contributed by atoms with Crippen LogP contribution in [-0.2, 0) is 15.6 Å². The topological polar surface area (TPSA) is 60.2 Å². The second-order valence-corrected chi connectivity index (χ2v) is 5.99. The van der Waals surface area contributed by atoms with Crippen molar-refractivity contribution in [2.45, 2.75) is 19.6 Å². The quantitative estimate of drug-likeness (QED) is 0.840. The molecule has 0 heterocycles. The van der Waals surface area contributed by atoms with Crippen LogP contribution in [0, 0.1) is 13.8 Å². The van der Waals surface area contributed by atoms with Gasteiger partial charge in [-0.2, -0.15) is 0 Å². The molecular weight excluding hydrogens is 210 g/mol. The summed E-state index contributed by atoms with van der Waals surface area (Å²) in [5, 5.41) is 0. The van der Waals surface area contributed by atoms with E-state index in [-0.39, 0.29) is 18.1 Å². The molecule has 1 rings (SSSR count). The van der Waals surface area contributed by atoms with Gasteiger partial charge in [0, 0.05) is 6.54 Å². The van der Waals surface area contributed by atoms with Crippen LogP contribution in [0.2, 0.25) is 0 Å². The molecule has 4 heteroatoms. The van der Waals surface area contributed by atoms with Gasteiger partial charge < -0.3 is 5.73 Å². The van der Waals surface area contributed by atoms with E-state index in [1.54, 1.807) is 0 Å². The van der Waals surface area contributed by atoms with Crippen LogP contribution < -0.4 is 5.73 Å². The summed E-state index contributed by atoms with van der Waals surface area (Å²) in [6, 6.07) is 5.80. The van der Waals surface area contributed by atoms with Crippen LogP contribution in [0.1, 0.15) is 16.7 Å². The molecule has 2 N–H and O–H groups in total. The van der Waals surface area contributed by atoms with Crippen molar-refractivity contribution in [1.82, 2.24) is 0 Å². The van der Waals surface area contributed by atoms with Crippen LogP contribution in [0.4, 0.5) is 0 Å². The highest BCUT2D eigenvalue weighted by Crippen LogP contribution is 2.13. The second kappa shape index (κ2) is 4.77. The monoisotopic (exact) mass is 227 g/mol. The Hall–Kier alpha value is -0.870. The highest BCUT2D eigenvalue weighted by molar-refractivity contribution is 7.90. The molecule has 0 amide bonds. The van der Waals surface area contributed by atoms with Crippen LogP contribution in [0.15, 0.2) is 18.2 Å². The first-order chi connectivity index (χ1) is 6.94. The lowest BCUT2D eigenvalue weighted by molar-refractivity contribution is 0.595. The highest BCUT2D eigenvalue weighted by Gasteiger charge is 2.12. The van der Waals surface area contributed by atoms with E-state index < -0.39 is 9.84 Å². The molecule has 15 heavy (non-hydrogen) atoms. The lowest BCUT2D eigenvalue weighted by Gasteiger charge is -2.07. The molecular formula is C11H17NO2S. The maximum absolute atomic E-state index is 11.6. The normalized spacial score (nSPS) is 11.7. The molecule has 1 aromatic carbocycles. The zero-order chi connectivity index (χ0) is 11.5. The Morgan fingerprint density at radius 1 is 1.27 bits per heavy atom. The Kier molecular flexibility index (Phi) is 3.88. The molecule has 0 spiro atoms. The number of rotatable bonds is 4. The molecule has 0 aliphatic rings. The first-order valence-electron chi connectivity index (χ1n) is 4.91. The summed E-state index contributed by atoms with van der Waals surface area (Å²) in [6.45, 7) is 4.11. The van der Waals surface area contributed by atoms with Crippen LogP contribution in [0.5, 0.6) is 0 Å². The molecule has 0 aliphatic heterocycles. The molecule has 3 nitrogen and oxygen atoms in total. The third-order valence-corrected chi connectivity index (χ3v) is 3.91. The van der Waals surface area contributed by atoms with Crippen LogP contribution in [0.25, 0.3) is 0 Å². The predicted molar refractivity (Wildman–Crippen MR) is 62.5 cm³/mol.